The minimum absolute atomic E-state index is 0.0741. The lowest BCUT2D eigenvalue weighted by Gasteiger charge is -2.03. The van der Waals surface area contributed by atoms with Gasteiger partial charge in [0.05, 0.1) is 10.0 Å². The van der Waals surface area contributed by atoms with Crippen LogP contribution in [0.5, 0.6) is 0 Å². The van der Waals surface area contributed by atoms with Crippen LogP contribution in [-0.2, 0) is 0 Å². The van der Waals surface area contributed by atoms with Crippen molar-refractivity contribution in [2.75, 3.05) is 0 Å². The van der Waals surface area contributed by atoms with Crippen LogP contribution in [0.4, 0.5) is 8.78 Å². The third-order valence-electron chi connectivity index (χ3n) is 1.37. The monoisotopic (exact) mass is 313 g/mol. The molecule has 1 aromatic rings. The molecule has 0 fully saturated rings. The van der Waals surface area contributed by atoms with Crippen LogP contribution in [0.15, 0.2) is 15.0 Å². The largest absolute Gasteiger partial charge is 0.366 e. The molecule has 13 heavy (non-hydrogen) atoms. The molecule has 0 aliphatic heterocycles. The Hall–Kier alpha value is -0.490. The number of carbonyl (C=O) groups is 1. The van der Waals surface area contributed by atoms with E-state index in [1.54, 1.807) is 0 Å². The number of hydrogen-bond donors (Lipinski definition) is 1. The molecule has 0 saturated carbocycles. The Labute approximate surface area is 89.4 Å². The molecule has 0 saturated heterocycles. The molecule has 2 nitrogen and oxygen atoms in total. The van der Waals surface area contributed by atoms with Gasteiger partial charge in [-0.05, 0) is 37.9 Å². The molecule has 0 aromatic heterocycles. The van der Waals surface area contributed by atoms with Gasteiger partial charge in [0.25, 0.3) is 5.91 Å². The molecule has 0 unspecified atom stereocenters. The Morgan fingerprint density at radius 3 is 2.31 bits per heavy atom. The minimum atomic E-state index is -1.25. The van der Waals surface area contributed by atoms with Gasteiger partial charge in [-0.15, -0.1) is 0 Å². The quantitative estimate of drug-likeness (QED) is 0.628. The van der Waals surface area contributed by atoms with Crippen molar-refractivity contribution in [1.29, 1.82) is 0 Å². The third kappa shape index (κ3) is 1.88. The van der Waals surface area contributed by atoms with Gasteiger partial charge in [-0.3, -0.25) is 4.79 Å². The molecule has 0 bridgehead atoms. The summed E-state index contributed by atoms with van der Waals surface area (Å²) in [6.45, 7) is 0. The molecular weight excluding hydrogens is 312 g/mol. The van der Waals surface area contributed by atoms with Crippen LogP contribution >= 0.6 is 31.9 Å². The summed E-state index contributed by atoms with van der Waals surface area (Å²) >= 11 is 5.74. The maximum atomic E-state index is 13.0. The van der Waals surface area contributed by atoms with Gasteiger partial charge >= 0.3 is 0 Å². The lowest BCUT2D eigenvalue weighted by molar-refractivity contribution is 0.0995. The smallest absolute Gasteiger partial charge is 0.251 e. The topological polar surface area (TPSA) is 43.1 Å². The van der Waals surface area contributed by atoms with E-state index in [9.17, 15) is 13.6 Å². The molecule has 0 atom stereocenters. The number of halogens is 4. The molecule has 2 N–H and O–H groups in total. The number of benzene rings is 1. The Bertz CT molecular complexity index is 381. The predicted octanol–water partition coefficient (Wildman–Crippen LogP) is 2.59. The van der Waals surface area contributed by atoms with E-state index in [0.29, 0.717) is 0 Å². The van der Waals surface area contributed by atoms with E-state index >= 15 is 0 Å². The molecule has 6 heteroatoms. The molecule has 0 spiro atoms. The van der Waals surface area contributed by atoms with Crippen molar-refractivity contribution >= 4 is 37.8 Å². The number of carbonyl (C=O) groups excluding carboxylic acids is 1. The lowest BCUT2D eigenvalue weighted by atomic mass is 10.2. The fourth-order valence-electron chi connectivity index (χ4n) is 0.752. The number of amides is 1. The molecule has 1 amide bonds. The molecular formula is C7H3Br2F2NO. The Morgan fingerprint density at radius 2 is 1.85 bits per heavy atom. The van der Waals surface area contributed by atoms with Crippen LogP contribution in [-0.4, -0.2) is 5.91 Å². The summed E-state index contributed by atoms with van der Waals surface area (Å²) in [7, 11) is 0. The first kappa shape index (κ1) is 10.6. The second kappa shape index (κ2) is 3.71. The zero-order chi connectivity index (χ0) is 10.2. The number of nitrogens with two attached hydrogens (primary N) is 1. The second-order valence-electron chi connectivity index (χ2n) is 2.21. The van der Waals surface area contributed by atoms with Gasteiger partial charge in [0.1, 0.15) is 0 Å². The van der Waals surface area contributed by atoms with Crippen molar-refractivity contribution in [2.45, 2.75) is 0 Å². The summed E-state index contributed by atoms with van der Waals surface area (Å²) in [4.78, 5) is 10.6. The van der Waals surface area contributed by atoms with E-state index in [2.05, 4.69) is 31.9 Å². The van der Waals surface area contributed by atoms with Crippen LogP contribution in [0, 0.1) is 11.6 Å². The van der Waals surface area contributed by atoms with E-state index in [4.69, 9.17) is 5.73 Å². The molecule has 0 heterocycles. The molecule has 70 valence electrons. The van der Waals surface area contributed by atoms with Gasteiger partial charge in [0.2, 0.25) is 0 Å². The van der Waals surface area contributed by atoms with E-state index < -0.39 is 23.1 Å². The number of primary amides is 1. The van der Waals surface area contributed by atoms with Crippen LogP contribution in [0.1, 0.15) is 10.4 Å². The first-order chi connectivity index (χ1) is 5.95. The van der Waals surface area contributed by atoms with E-state index in [1.807, 2.05) is 0 Å². The summed E-state index contributed by atoms with van der Waals surface area (Å²) in [6, 6.07) is 1.12. The first-order valence-corrected chi connectivity index (χ1v) is 4.66. The SMILES string of the molecule is NC(=O)c1cc(Br)c(Br)c(F)c1F. The van der Waals surface area contributed by atoms with E-state index in [1.165, 1.54) is 0 Å². The predicted molar refractivity (Wildman–Crippen MR) is 50.3 cm³/mol. The molecule has 0 radical (unpaired) electrons. The van der Waals surface area contributed by atoms with E-state index in [-0.39, 0.29) is 8.95 Å². The number of rotatable bonds is 1. The van der Waals surface area contributed by atoms with Crippen molar-refractivity contribution in [3.05, 3.63) is 32.2 Å². The minimum Gasteiger partial charge on any atom is -0.366 e. The zero-order valence-corrected chi connectivity index (χ0v) is 9.25. The van der Waals surface area contributed by atoms with Crippen molar-refractivity contribution in [3.8, 4) is 0 Å². The average molecular weight is 315 g/mol. The van der Waals surface area contributed by atoms with Crippen LogP contribution in [0.3, 0.4) is 0 Å². The van der Waals surface area contributed by atoms with Crippen molar-refractivity contribution in [3.63, 3.8) is 0 Å². The fourth-order valence-corrected chi connectivity index (χ4v) is 1.44. The average Bonchev–Trinajstić information content (AvgIpc) is 2.07. The van der Waals surface area contributed by atoms with Crippen molar-refractivity contribution < 1.29 is 13.6 Å². The molecule has 1 rings (SSSR count). The van der Waals surface area contributed by atoms with E-state index in [0.717, 1.165) is 6.07 Å². The molecule has 0 aliphatic carbocycles. The summed E-state index contributed by atoms with van der Waals surface area (Å²) in [5, 5.41) is 0. The summed E-state index contributed by atoms with van der Waals surface area (Å²) < 4.78 is 26.1. The molecule has 1 aromatic carbocycles. The Balaban J connectivity index is 3.50. The highest BCUT2D eigenvalue weighted by Crippen LogP contribution is 2.29. The summed E-state index contributed by atoms with van der Waals surface area (Å²) in [5.41, 5.74) is 4.34. The Kier molecular flexibility index (Phi) is 3.02. The standard InChI is InChI=1S/C7H3Br2F2NO/c8-3-1-2(7(12)13)5(10)6(11)4(3)9/h1H,(H2,12,13). The zero-order valence-electron chi connectivity index (χ0n) is 6.07. The van der Waals surface area contributed by atoms with Crippen LogP contribution in [0.25, 0.3) is 0 Å². The maximum Gasteiger partial charge on any atom is 0.251 e. The van der Waals surface area contributed by atoms with Gasteiger partial charge in [0, 0.05) is 4.47 Å². The lowest BCUT2D eigenvalue weighted by Crippen LogP contribution is -2.14. The second-order valence-corrected chi connectivity index (χ2v) is 3.86. The van der Waals surface area contributed by atoms with Gasteiger partial charge in [-0.25, -0.2) is 8.78 Å². The third-order valence-corrected chi connectivity index (χ3v) is 3.30. The maximum absolute atomic E-state index is 13.0. The fraction of sp³-hybridized carbons (Fsp3) is 0. The van der Waals surface area contributed by atoms with Crippen molar-refractivity contribution in [2.24, 2.45) is 5.73 Å². The van der Waals surface area contributed by atoms with Crippen molar-refractivity contribution in [1.82, 2.24) is 0 Å². The van der Waals surface area contributed by atoms with Gasteiger partial charge < -0.3 is 5.73 Å². The van der Waals surface area contributed by atoms with Gasteiger partial charge in [-0.1, -0.05) is 0 Å². The highest BCUT2D eigenvalue weighted by atomic mass is 79.9. The summed E-state index contributed by atoms with van der Waals surface area (Å²) in [5.74, 6) is -3.39. The normalized spacial score (nSPS) is 10.2. The van der Waals surface area contributed by atoms with Crippen LogP contribution < -0.4 is 5.73 Å². The van der Waals surface area contributed by atoms with Gasteiger partial charge in [-0.2, -0.15) is 0 Å². The highest BCUT2D eigenvalue weighted by Gasteiger charge is 2.18. The van der Waals surface area contributed by atoms with Crippen LogP contribution in [0.2, 0.25) is 0 Å². The molecule has 0 aliphatic rings. The highest BCUT2D eigenvalue weighted by molar-refractivity contribution is 9.13. The first-order valence-electron chi connectivity index (χ1n) is 3.08. The Morgan fingerprint density at radius 1 is 1.31 bits per heavy atom. The summed E-state index contributed by atoms with van der Waals surface area (Å²) in [6.07, 6.45) is 0. The number of hydrogen-bond acceptors (Lipinski definition) is 1. The van der Waals surface area contributed by atoms with Gasteiger partial charge in [0.15, 0.2) is 11.6 Å².